The van der Waals surface area contributed by atoms with E-state index in [2.05, 4.69) is 27.8 Å². The highest BCUT2D eigenvalue weighted by atomic mass is 127. The summed E-state index contributed by atoms with van der Waals surface area (Å²) < 4.78 is 26.4. The lowest BCUT2D eigenvalue weighted by Gasteiger charge is -2.12. The third kappa shape index (κ3) is 6.82. The zero-order valence-corrected chi connectivity index (χ0v) is 15.9. The number of rotatable bonds is 6. The molecule has 0 saturated heterocycles. The van der Waals surface area contributed by atoms with Gasteiger partial charge >= 0.3 is 0 Å². The maximum absolute atomic E-state index is 13.5. The van der Waals surface area contributed by atoms with Crippen LogP contribution in [0.2, 0.25) is 0 Å². The van der Waals surface area contributed by atoms with Crippen molar-refractivity contribution in [2.24, 2.45) is 4.99 Å². The Bertz CT molecular complexity index is 648. The van der Waals surface area contributed by atoms with E-state index < -0.39 is 11.6 Å². The van der Waals surface area contributed by atoms with E-state index in [1.165, 1.54) is 17.7 Å². The van der Waals surface area contributed by atoms with E-state index in [9.17, 15) is 8.78 Å². The summed E-state index contributed by atoms with van der Waals surface area (Å²) in [6.07, 6.45) is 1.36. The van der Waals surface area contributed by atoms with Crippen molar-refractivity contribution < 1.29 is 8.78 Å². The summed E-state index contributed by atoms with van der Waals surface area (Å²) in [4.78, 5) is 4.13. The monoisotopic (exact) mass is 445 g/mol. The normalized spacial score (nSPS) is 10.9. The van der Waals surface area contributed by atoms with Gasteiger partial charge in [-0.1, -0.05) is 36.4 Å². The highest BCUT2D eigenvalue weighted by Gasteiger charge is 2.04. The molecule has 0 aliphatic heterocycles. The van der Waals surface area contributed by atoms with E-state index in [1.807, 2.05) is 18.2 Å². The van der Waals surface area contributed by atoms with Gasteiger partial charge in [0.1, 0.15) is 11.6 Å². The van der Waals surface area contributed by atoms with Gasteiger partial charge in [-0.2, -0.15) is 0 Å². The highest BCUT2D eigenvalue weighted by Crippen LogP contribution is 2.09. The third-order valence-corrected chi connectivity index (χ3v) is 3.47. The molecule has 130 valence electrons. The molecule has 0 fully saturated rings. The molecule has 6 heteroatoms. The average molecular weight is 445 g/mol. The number of benzene rings is 2. The highest BCUT2D eigenvalue weighted by molar-refractivity contribution is 14.0. The van der Waals surface area contributed by atoms with Gasteiger partial charge in [0.05, 0.1) is 0 Å². The standard InChI is InChI=1S/C18H21F2N3.HI/c1-21-18(22-11-9-14-5-3-2-4-6-14)23-12-10-15-7-8-16(19)13-17(15)20;/h2-8,13H,9-12H2,1H3,(H2,21,22,23);1H. The van der Waals surface area contributed by atoms with Crippen LogP contribution in [-0.4, -0.2) is 26.1 Å². The van der Waals surface area contributed by atoms with Crippen molar-refractivity contribution in [3.05, 3.63) is 71.3 Å². The molecular weight excluding hydrogens is 423 g/mol. The second-order valence-corrected chi connectivity index (χ2v) is 5.15. The predicted molar refractivity (Wildman–Crippen MR) is 105 cm³/mol. The fourth-order valence-corrected chi connectivity index (χ4v) is 2.23. The van der Waals surface area contributed by atoms with Crippen LogP contribution in [0.4, 0.5) is 8.78 Å². The molecule has 0 aromatic heterocycles. The number of nitrogens with zero attached hydrogens (tertiary/aromatic N) is 1. The second kappa shape index (κ2) is 11.0. The largest absolute Gasteiger partial charge is 0.356 e. The number of halogens is 3. The number of aliphatic imine (C=N–C) groups is 1. The molecule has 0 heterocycles. The Kier molecular flexibility index (Phi) is 9.29. The van der Waals surface area contributed by atoms with E-state index in [0.717, 1.165) is 19.0 Å². The molecule has 2 N–H and O–H groups in total. The molecule has 2 aromatic carbocycles. The molecule has 2 aromatic rings. The molecule has 0 saturated carbocycles. The minimum absolute atomic E-state index is 0. The summed E-state index contributed by atoms with van der Waals surface area (Å²) in [7, 11) is 1.69. The van der Waals surface area contributed by atoms with Gasteiger partial charge < -0.3 is 10.6 Å². The Labute approximate surface area is 158 Å². The fraction of sp³-hybridized carbons (Fsp3) is 0.278. The second-order valence-electron chi connectivity index (χ2n) is 5.15. The van der Waals surface area contributed by atoms with Crippen molar-refractivity contribution >= 4 is 29.9 Å². The summed E-state index contributed by atoms with van der Waals surface area (Å²) in [5.74, 6) is -0.403. The van der Waals surface area contributed by atoms with Crippen LogP contribution in [-0.2, 0) is 12.8 Å². The quantitative estimate of drug-likeness (QED) is 0.406. The lowest BCUT2D eigenvalue weighted by Crippen LogP contribution is -2.39. The first-order valence-corrected chi connectivity index (χ1v) is 7.61. The molecule has 0 unspecified atom stereocenters. The number of hydrogen-bond donors (Lipinski definition) is 2. The first-order chi connectivity index (χ1) is 11.2. The Morgan fingerprint density at radius 1 is 0.958 bits per heavy atom. The van der Waals surface area contributed by atoms with Crippen molar-refractivity contribution in [3.8, 4) is 0 Å². The molecule has 0 bridgehead atoms. The van der Waals surface area contributed by atoms with Crippen LogP contribution >= 0.6 is 24.0 Å². The molecule has 24 heavy (non-hydrogen) atoms. The topological polar surface area (TPSA) is 36.4 Å². The van der Waals surface area contributed by atoms with Gasteiger partial charge in [-0.3, -0.25) is 4.99 Å². The SMILES string of the molecule is CN=C(NCCc1ccccc1)NCCc1ccc(F)cc1F.I. The molecule has 3 nitrogen and oxygen atoms in total. The zero-order valence-electron chi connectivity index (χ0n) is 13.6. The Morgan fingerprint density at radius 2 is 1.62 bits per heavy atom. The molecule has 0 atom stereocenters. The molecule has 0 spiro atoms. The van der Waals surface area contributed by atoms with Gasteiger partial charge in [-0.05, 0) is 30.0 Å². The smallest absolute Gasteiger partial charge is 0.190 e. The van der Waals surface area contributed by atoms with Gasteiger partial charge in [-0.15, -0.1) is 24.0 Å². The van der Waals surface area contributed by atoms with Gasteiger partial charge in [-0.25, -0.2) is 8.78 Å². The van der Waals surface area contributed by atoms with Crippen LogP contribution in [0.15, 0.2) is 53.5 Å². The zero-order chi connectivity index (χ0) is 16.5. The van der Waals surface area contributed by atoms with Crippen LogP contribution in [0, 0.1) is 11.6 Å². The van der Waals surface area contributed by atoms with Crippen LogP contribution in [0.5, 0.6) is 0 Å². The Balaban J connectivity index is 0.00000288. The molecular formula is C18H22F2IN3. The van der Waals surface area contributed by atoms with Gasteiger partial charge in [0, 0.05) is 26.2 Å². The van der Waals surface area contributed by atoms with E-state index in [1.54, 1.807) is 7.05 Å². The molecule has 0 amide bonds. The summed E-state index contributed by atoms with van der Waals surface area (Å²) in [5.41, 5.74) is 1.74. The Morgan fingerprint density at radius 3 is 2.25 bits per heavy atom. The fourth-order valence-electron chi connectivity index (χ4n) is 2.23. The lowest BCUT2D eigenvalue weighted by molar-refractivity contribution is 0.570. The summed E-state index contributed by atoms with van der Waals surface area (Å²) in [6, 6.07) is 13.8. The molecule has 0 aliphatic rings. The van der Waals surface area contributed by atoms with E-state index in [-0.39, 0.29) is 24.0 Å². The minimum atomic E-state index is -0.558. The Hall–Kier alpha value is -1.70. The molecule has 0 aliphatic carbocycles. The summed E-state index contributed by atoms with van der Waals surface area (Å²) in [5, 5.41) is 6.34. The van der Waals surface area contributed by atoms with Crippen molar-refractivity contribution in [2.45, 2.75) is 12.8 Å². The van der Waals surface area contributed by atoms with E-state index >= 15 is 0 Å². The first kappa shape index (κ1) is 20.3. The average Bonchev–Trinajstić information content (AvgIpc) is 2.56. The van der Waals surface area contributed by atoms with Crippen molar-refractivity contribution in [1.29, 1.82) is 0 Å². The molecule has 0 radical (unpaired) electrons. The van der Waals surface area contributed by atoms with Gasteiger partial charge in [0.2, 0.25) is 0 Å². The predicted octanol–water partition coefficient (Wildman–Crippen LogP) is 3.53. The van der Waals surface area contributed by atoms with Gasteiger partial charge in [0.25, 0.3) is 0 Å². The maximum Gasteiger partial charge on any atom is 0.190 e. The number of guanidine groups is 1. The van der Waals surface area contributed by atoms with Crippen molar-refractivity contribution in [3.63, 3.8) is 0 Å². The van der Waals surface area contributed by atoms with Crippen LogP contribution in [0.3, 0.4) is 0 Å². The van der Waals surface area contributed by atoms with Crippen LogP contribution in [0.25, 0.3) is 0 Å². The molecule has 2 rings (SSSR count). The number of hydrogen-bond acceptors (Lipinski definition) is 1. The van der Waals surface area contributed by atoms with Crippen LogP contribution < -0.4 is 10.6 Å². The van der Waals surface area contributed by atoms with E-state index in [0.29, 0.717) is 24.5 Å². The summed E-state index contributed by atoms with van der Waals surface area (Å²) in [6.45, 7) is 1.28. The van der Waals surface area contributed by atoms with Crippen molar-refractivity contribution in [1.82, 2.24) is 10.6 Å². The summed E-state index contributed by atoms with van der Waals surface area (Å²) >= 11 is 0. The minimum Gasteiger partial charge on any atom is -0.356 e. The maximum atomic E-state index is 13.5. The van der Waals surface area contributed by atoms with E-state index in [4.69, 9.17) is 0 Å². The number of nitrogens with one attached hydrogen (secondary N) is 2. The van der Waals surface area contributed by atoms with Crippen LogP contribution in [0.1, 0.15) is 11.1 Å². The van der Waals surface area contributed by atoms with Crippen molar-refractivity contribution in [2.75, 3.05) is 20.1 Å². The van der Waals surface area contributed by atoms with Gasteiger partial charge in [0.15, 0.2) is 5.96 Å². The lowest BCUT2D eigenvalue weighted by atomic mass is 10.1. The first-order valence-electron chi connectivity index (χ1n) is 7.61. The third-order valence-electron chi connectivity index (χ3n) is 3.47.